The molecular formula is C14H24O5Si. The number of carbonyl (C=O) groups excluding carboxylic acids is 1. The quantitative estimate of drug-likeness (QED) is 0.443. The maximum absolute atomic E-state index is 10.5. The minimum Gasteiger partial charge on any atom is -0.457 e. The van der Waals surface area contributed by atoms with E-state index < -0.39 is 8.32 Å². The SMILES string of the molecule is CC(C)(C)[Si](C)(C)OC[C@@H]1O[C@H]2C=C[C@H](OC=O)[C@@H]1O2. The van der Waals surface area contributed by atoms with E-state index in [1.54, 1.807) is 6.08 Å². The number of carbonyl (C=O) groups is 1. The van der Waals surface area contributed by atoms with Gasteiger partial charge in [0.25, 0.3) is 6.47 Å². The van der Waals surface area contributed by atoms with E-state index in [0.717, 1.165) is 0 Å². The summed E-state index contributed by atoms with van der Waals surface area (Å²) in [5.74, 6) is 0. The molecule has 2 aliphatic heterocycles. The standard InChI is InChI=1S/C14H24O5Si/c1-14(2,3)20(4,5)17-8-11-13-10(16-9-15)6-7-12(18-11)19-13/h6-7,9-13H,8H2,1-5H3/t10-,11-,12+,13-/m0/s1. The van der Waals surface area contributed by atoms with Crippen LogP contribution in [0.5, 0.6) is 0 Å². The average molecular weight is 300 g/mol. The van der Waals surface area contributed by atoms with E-state index in [-0.39, 0.29) is 29.6 Å². The second-order valence-corrected chi connectivity index (χ2v) is 11.6. The molecule has 1 saturated heterocycles. The maximum atomic E-state index is 10.5. The van der Waals surface area contributed by atoms with Crippen LogP contribution in [0.3, 0.4) is 0 Å². The Labute approximate surface area is 121 Å². The third-order valence-electron chi connectivity index (χ3n) is 4.38. The Bertz CT molecular complexity index is 388. The van der Waals surface area contributed by atoms with Crippen LogP contribution in [0.15, 0.2) is 12.2 Å². The van der Waals surface area contributed by atoms with Crippen molar-refractivity contribution in [3.8, 4) is 0 Å². The molecule has 0 unspecified atom stereocenters. The van der Waals surface area contributed by atoms with E-state index in [2.05, 4.69) is 33.9 Å². The molecule has 114 valence electrons. The summed E-state index contributed by atoms with van der Waals surface area (Å²) in [5.41, 5.74) is 0. The molecule has 0 aliphatic carbocycles. The van der Waals surface area contributed by atoms with Gasteiger partial charge in [0.15, 0.2) is 14.6 Å². The van der Waals surface area contributed by atoms with Crippen molar-refractivity contribution >= 4 is 14.8 Å². The lowest BCUT2D eigenvalue weighted by Gasteiger charge is -2.37. The number of fused-ring (bicyclic) bond motifs is 2. The summed E-state index contributed by atoms with van der Waals surface area (Å²) in [5, 5.41) is 0.151. The first-order valence-electron chi connectivity index (χ1n) is 6.97. The van der Waals surface area contributed by atoms with Crippen LogP contribution in [0.1, 0.15) is 20.8 Å². The highest BCUT2D eigenvalue weighted by Crippen LogP contribution is 2.37. The first kappa shape index (κ1) is 15.7. The normalized spacial score (nSPS) is 33.2. The zero-order chi connectivity index (χ0) is 15.0. The van der Waals surface area contributed by atoms with Gasteiger partial charge in [0.1, 0.15) is 18.3 Å². The van der Waals surface area contributed by atoms with E-state index in [0.29, 0.717) is 13.1 Å². The third-order valence-corrected chi connectivity index (χ3v) is 8.88. The smallest absolute Gasteiger partial charge is 0.293 e. The zero-order valence-electron chi connectivity index (χ0n) is 12.8. The predicted molar refractivity (Wildman–Crippen MR) is 76.8 cm³/mol. The molecule has 0 saturated carbocycles. The van der Waals surface area contributed by atoms with Crippen molar-refractivity contribution in [2.75, 3.05) is 6.61 Å². The molecule has 0 spiro atoms. The van der Waals surface area contributed by atoms with Crippen molar-refractivity contribution in [1.29, 1.82) is 0 Å². The van der Waals surface area contributed by atoms with Gasteiger partial charge in [0.05, 0.1) is 6.61 Å². The van der Waals surface area contributed by atoms with Crippen LogP contribution in [0.4, 0.5) is 0 Å². The van der Waals surface area contributed by atoms with E-state index in [4.69, 9.17) is 18.6 Å². The second kappa shape index (κ2) is 5.59. The van der Waals surface area contributed by atoms with Gasteiger partial charge in [-0.15, -0.1) is 0 Å². The van der Waals surface area contributed by atoms with Crippen molar-refractivity contribution in [1.82, 2.24) is 0 Å². The molecule has 0 amide bonds. The minimum absolute atomic E-state index is 0.151. The van der Waals surface area contributed by atoms with Gasteiger partial charge in [-0.3, -0.25) is 4.79 Å². The van der Waals surface area contributed by atoms with E-state index in [9.17, 15) is 4.79 Å². The Morgan fingerprint density at radius 3 is 2.55 bits per heavy atom. The van der Waals surface area contributed by atoms with Crippen LogP contribution < -0.4 is 0 Å². The lowest BCUT2D eigenvalue weighted by Crippen LogP contribution is -2.45. The van der Waals surface area contributed by atoms with Crippen LogP contribution in [0.2, 0.25) is 18.1 Å². The van der Waals surface area contributed by atoms with Crippen molar-refractivity contribution in [2.45, 2.75) is 63.5 Å². The van der Waals surface area contributed by atoms with E-state index in [1.807, 2.05) is 6.08 Å². The molecule has 2 heterocycles. The highest BCUT2D eigenvalue weighted by molar-refractivity contribution is 6.74. The van der Waals surface area contributed by atoms with Gasteiger partial charge in [-0.05, 0) is 30.3 Å². The van der Waals surface area contributed by atoms with Crippen molar-refractivity contribution in [2.24, 2.45) is 0 Å². The molecule has 2 bridgehead atoms. The van der Waals surface area contributed by atoms with Crippen LogP contribution in [-0.2, 0) is 23.4 Å². The summed E-state index contributed by atoms with van der Waals surface area (Å²) < 4.78 is 22.6. The predicted octanol–water partition coefficient (Wildman–Crippen LogP) is 2.23. The Kier molecular flexibility index (Phi) is 4.39. The summed E-state index contributed by atoms with van der Waals surface area (Å²) in [6, 6.07) is 0. The molecule has 0 aromatic heterocycles. The fraction of sp³-hybridized carbons (Fsp3) is 0.786. The monoisotopic (exact) mass is 300 g/mol. The van der Waals surface area contributed by atoms with Crippen molar-refractivity contribution < 1.29 is 23.4 Å². The number of hydrogen-bond acceptors (Lipinski definition) is 5. The highest BCUT2D eigenvalue weighted by Gasteiger charge is 2.45. The Morgan fingerprint density at radius 2 is 1.95 bits per heavy atom. The van der Waals surface area contributed by atoms with Crippen LogP contribution in [0, 0.1) is 0 Å². The molecule has 2 rings (SSSR count). The molecule has 4 atom stereocenters. The molecular weight excluding hydrogens is 276 g/mol. The molecule has 0 N–H and O–H groups in total. The number of rotatable bonds is 5. The first-order chi connectivity index (χ1) is 9.24. The molecule has 2 aliphatic rings. The second-order valence-electron chi connectivity index (χ2n) is 6.80. The largest absolute Gasteiger partial charge is 0.457 e. The lowest BCUT2D eigenvalue weighted by molar-refractivity contribution is -0.139. The van der Waals surface area contributed by atoms with Crippen molar-refractivity contribution in [3.05, 3.63) is 12.2 Å². The molecule has 5 nitrogen and oxygen atoms in total. The van der Waals surface area contributed by atoms with Gasteiger partial charge in [-0.25, -0.2) is 0 Å². The average Bonchev–Trinajstić information content (AvgIpc) is 2.67. The van der Waals surface area contributed by atoms with Gasteiger partial charge in [0.2, 0.25) is 0 Å². The van der Waals surface area contributed by atoms with Crippen LogP contribution in [0.25, 0.3) is 0 Å². The molecule has 0 aromatic carbocycles. The Morgan fingerprint density at radius 1 is 1.25 bits per heavy atom. The first-order valence-corrected chi connectivity index (χ1v) is 9.88. The van der Waals surface area contributed by atoms with E-state index >= 15 is 0 Å². The maximum Gasteiger partial charge on any atom is 0.293 e. The summed E-state index contributed by atoms with van der Waals surface area (Å²) in [4.78, 5) is 10.5. The summed E-state index contributed by atoms with van der Waals surface area (Å²) >= 11 is 0. The summed E-state index contributed by atoms with van der Waals surface area (Å²) in [6.45, 7) is 11.9. The van der Waals surface area contributed by atoms with Gasteiger partial charge >= 0.3 is 0 Å². The zero-order valence-corrected chi connectivity index (χ0v) is 13.8. The van der Waals surface area contributed by atoms with Gasteiger partial charge in [0, 0.05) is 0 Å². The highest BCUT2D eigenvalue weighted by atomic mass is 28.4. The lowest BCUT2D eigenvalue weighted by atomic mass is 10.1. The van der Waals surface area contributed by atoms with Gasteiger partial charge in [-0.2, -0.15) is 0 Å². The molecule has 0 radical (unpaired) electrons. The summed E-state index contributed by atoms with van der Waals surface area (Å²) in [7, 11) is -1.82. The van der Waals surface area contributed by atoms with Crippen molar-refractivity contribution in [3.63, 3.8) is 0 Å². The van der Waals surface area contributed by atoms with Gasteiger partial charge in [-0.1, -0.05) is 20.8 Å². The van der Waals surface area contributed by atoms with Gasteiger partial charge < -0.3 is 18.6 Å². The molecule has 0 aromatic rings. The Hall–Kier alpha value is -0.693. The van der Waals surface area contributed by atoms with Crippen LogP contribution >= 0.6 is 0 Å². The minimum atomic E-state index is -1.82. The molecule has 20 heavy (non-hydrogen) atoms. The Balaban J connectivity index is 1.96. The molecule has 1 fully saturated rings. The fourth-order valence-electron chi connectivity index (χ4n) is 2.04. The number of hydrogen-bond donors (Lipinski definition) is 0. The van der Waals surface area contributed by atoms with E-state index in [1.165, 1.54) is 0 Å². The topological polar surface area (TPSA) is 54.0 Å². The third kappa shape index (κ3) is 3.14. The fourth-order valence-corrected chi connectivity index (χ4v) is 3.06. The summed E-state index contributed by atoms with van der Waals surface area (Å²) in [6.07, 6.45) is 2.38. The number of ether oxygens (including phenoxy) is 3. The molecule has 6 heteroatoms. The van der Waals surface area contributed by atoms with Crippen LogP contribution in [-0.4, -0.2) is 46.0 Å².